The summed E-state index contributed by atoms with van der Waals surface area (Å²) in [5, 5.41) is 9.70. The SMILES string of the molecule is CCOP(=O)(OCC)c1ccc(C(=O)N(C)c2ccc(Br)cc2C#N)cc1. The first-order valence-electron chi connectivity index (χ1n) is 8.33. The van der Waals surface area contributed by atoms with Gasteiger partial charge >= 0.3 is 7.60 Å². The van der Waals surface area contributed by atoms with Crippen LogP contribution in [0.5, 0.6) is 0 Å². The highest BCUT2D eigenvalue weighted by Crippen LogP contribution is 2.46. The van der Waals surface area contributed by atoms with E-state index < -0.39 is 7.60 Å². The van der Waals surface area contributed by atoms with Gasteiger partial charge in [-0.15, -0.1) is 0 Å². The van der Waals surface area contributed by atoms with Crippen molar-refractivity contribution >= 4 is 40.4 Å². The molecule has 8 heteroatoms. The van der Waals surface area contributed by atoms with Gasteiger partial charge in [-0.2, -0.15) is 5.26 Å². The number of anilines is 1. The second-order valence-electron chi connectivity index (χ2n) is 5.52. The van der Waals surface area contributed by atoms with Crippen LogP contribution in [-0.2, 0) is 13.6 Å². The summed E-state index contributed by atoms with van der Waals surface area (Å²) < 4.78 is 24.2. The summed E-state index contributed by atoms with van der Waals surface area (Å²) in [4.78, 5) is 14.2. The summed E-state index contributed by atoms with van der Waals surface area (Å²) in [5.74, 6) is -0.289. The highest BCUT2D eigenvalue weighted by molar-refractivity contribution is 9.10. The van der Waals surface area contributed by atoms with Crippen LogP contribution in [-0.4, -0.2) is 26.2 Å². The molecular formula is C19H20BrN2O4P. The van der Waals surface area contributed by atoms with Crippen LogP contribution in [0.15, 0.2) is 46.9 Å². The third kappa shape index (κ3) is 4.85. The minimum Gasteiger partial charge on any atom is -0.310 e. The maximum atomic E-state index is 12.8. The van der Waals surface area contributed by atoms with Gasteiger partial charge in [0.2, 0.25) is 0 Å². The van der Waals surface area contributed by atoms with Crippen molar-refractivity contribution in [1.29, 1.82) is 5.26 Å². The van der Waals surface area contributed by atoms with Gasteiger partial charge in [-0.3, -0.25) is 9.36 Å². The van der Waals surface area contributed by atoms with Gasteiger partial charge in [-0.1, -0.05) is 15.9 Å². The number of hydrogen-bond acceptors (Lipinski definition) is 5. The maximum absolute atomic E-state index is 12.8. The predicted octanol–water partition coefficient (Wildman–Crippen LogP) is 4.49. The lowest BCUT2D eigenvalue weighted by Crippen LogP contribution is -2.27. The number of hydrogen-bond donors (Lipinski definition) is 0. The van der Waals surface area contributed by atoms with Crippen molar-refractivity contribution in [1.82, 2.24) is 0 Å². The number of carbonyl (C=O) groups is 1. The second kappa shape index (κ2) is 9.29. The van der Waals surface area contributed by atoms with Crippen molar-refractivity contribution in [2.24, 2.45) is 0 Å². The molecule has 0 unspecified atom stereocenters. The summed E-state index contributed by atoms with van der Waals surface area (Å²) in [7, 11) is -1.79. The van der Waals surface area contributed by atoms with E-state index in [4.69, 9.17) is 9.05 Å². The molecule has 0 aliphatic heterocycles. The number of amides is 1. The van der Waals surface area contributed by atoms with Gasteiger partial charge in [0.25, 0.3) is 5.91 Å². The number of benzene rings is 2. The highest BCUT2D eigenvalue weighted by Gasteiger charge is 2.27. The van der Waals surface area contributed by atoms with E-state index in [1.807, 2.05) is 0 Å². The van der Waals surface area contributed by atoms with Gasteiger partial charge in [0.15, 0.2) is 0 Å². The van der Waals surface area contributed by atoms with Gasteiger partial charge in [0.05, 0.1) is 29.8 Å². The summed E-state index contributed by atoms with van der Waals surface area (Å²) >= 11 is 3.32. The fourth-order valence-electron chi connectivity index (χ4n) is 2.51. The van der Waals surface area contributed by atoms with E-state index in [0.717, 1.165) is 4.47 Å². The van der Waals surface area contributed by atoms with Crippen LogP contribution >= 0.6 is 23.5 Å². The topological polar surface area (TPSA) is 79.6 Å². The lowest BCUT2D eigenvalue weighted by atomic mass is 10.1. The maximum Gasteiger partial charge on any atom is 0.361 e. The number of nitriles is 1. The molecule has 0 atom stereocenters. The molecule has 2 aromatic rings. The Morgan fingerprint density at radius 3 is 2.26 bits per heavy atom. The molecule has 0 aliphatic rings. The van der Waals surface area contributed by atoms with Gasteiger partial charge in [0, 0.05) is 17.1 Å². The zero-order chi connectivity index (χ0) is 20.0. The molecule has 0 aliphatic carbocycles. The van der Waals surface area contributed by atoms with Crippen molar-refractivity contribution in [3.63, 3.8) is 0 Å². The van der Waals surface area contributed by atoms with Crippen LogP contribution < -0.4 is 10.2 Å². The standard InChI is InChI=1S/C19H20BrN2O4P/c1-4-25-27(24,26-5-2)17-9-6-14(7-10-17)19(23)22(3)18-11-8-16(20)12-15(18)13-21/h6-12H,4-5H2,1-3H3. The van der Waals surface area contributed by atoms with E-state index in [1.165, 1.54) is 4.90 Å². The Morgan fingerprint density at radius 2 is 1.74 bits per heavy atom. The predicted molar refractivity (Wildman–Crippen MR) is 109 cm³/mol. The average Bonchev–Trinajstić information content (AvgIpc) is 2.67. The summed E-state index contributed by atoms with van der Waals surface area (Å²) in [6.45, 7) is 3.98. The van der Waals surface area contributed by atoms with Crippen molar-refractivity contribution < 1.29 is 18.4 Å². The molecule has 0 fully saturated rings. The quantitative estimate of drug-likeness (QED) is 0.580. The van der Waals surface area contributed by atoms with E-state index in [9.17, 15) is 14.6 Å². The van der Waals surface area contributed by atoms with E-state index in [-0.39, 0.29) is 19.1 Å². The largest absolute Gasteiger partial charge is 0.361 e. The van der Waals surface area contributed by atoms with Crippen LogP contribution in [0.2, 0.25) is 0 Å². The Balaban J connectivity index is 2.30. The molecule has 1 amide bonds. The minimum atomic E-state index is -3.39. The molecule has 142 valence electrons. The van der Waals surface area contributed by atoms with Gasteiger partial charge in [-0.05, 0) is 56.3 Å². The van der Waals surface area contributed by atoms with Crippen molar-refractivity contribution in [3.05, 3.63) is 58.1 Å². The zero-order valence-electron chi connectivity index (χ0n) is 15.3. The Kier molecular flexibility index (Phi) is 7.34. The minimum absolute atomic E-state index is 0.251. The molecule has 0 saturated carbocycles. The zero-order valence-corrected chi connectivity index (χ0v) is 17.8. The van der Waals surface area contributed by atoms with E-state index in [0.29, 0.717) is 22.1 Å². The van der Waals surface area contributed by atoms with Crippen LogP contribution in [0.25, 0.3) is 0 Å². The van der Waals surface area contributed by atoms with Gasteiger partial charge < -0.3 is 13.9 Å². The molecule has 2 aromatic carbocycles. The molecular weight excluding hydrogens is 431 g/mol. The Labute approximate surface area is 167 Å². The summed E-state index contributed by atoms with van der Waals surface area (Å²) in [6.07, 6.45) is 0. The highest BCUT2D eigenvalue weighted by atomic mass is 79.9. The third-order valence-corrected chi connectivity index (χ3v) is 6.39. The Bertz CT molecular complexity index is 899. The smallest absolute Gasteiger partial charge is 0.310 e. The fourth-order valence-corrected chi connectivity index (χ4v) is 4.43. The van der Waals surface area contributed by atoms with Crippen LogP contribution in [0.1, 0.15) is 29.8 Å². The first-order chi connectivity index (χ1) is 12.9. The Hall–Kier alpha value is -1.97. The van der Waals surface area contributed by atoms with Gasteiger partial charge in [0.1, 0.15) is 6.07 Å². The molecule has 27 heavy (non-hydrogen) atoms. The van der Waals surface area contributed by atoms with Crippen molar-refractivity contribution in [2.75, 3.05) is 25.2 Å². The number of halogens is 1. The molecule has 0 saturated heterocycles. The molecule has 0 aromatic heterocycles. The Morgan fingerprint density at radius 1 is 1.15 bits per heavy atom. The third-order valence-electron chi connectivity index (χ3n) is 3.77. The lowest BCUT2D eigenvalue weighted by molar-refractivity contribution is 0.0993. The van der Waals surface area contributed by atoms with Crippen molar-refractivity contribution in [2.45, 2.75) is 13.8 Å². The monoisotopic (exact) mass is 450 g/mol. The number of rotatable bonds is 7. The van der Waals surface area contributed by atoms with Crippen molar-refractivity contribution in [3.8, 4) is 6.07 Å². The first kappa shape index (κ1) is 21.3. The summed E-state index contributed by atoms with van der Waals surface area (Å²) in [6, 6.07) is 13.5. The van der Waals surface area contributed by atoms with E-state index in [2.05, 4.69) is 22.0 Å². The van der Waals surface area contributed by atoms with E-state index in [1.54, 1.807) is 63.4 Å². The molecule has 0 bridgehead atoms. The lowest BCUT2D eigenvalue weighted by Gasteiger charge is -2.20. The van der Waals surface area contributed by atoms with Gasteiger partial charge in [-0.25, -0.2) is 0 Å². The van der Waals surface area contributed by atoms with E-state index >= 15 is 0 Å². The van der Waals surface area contributed by atoms with Crippen LogP contribution in [0.3, 0.4) is 0 Å². The number of carbonyl (C=O) groups excluding carboxylic acids is 1. The van der Waals surface area contributed by atoms with Crippen LogP contribution in [0, 0.1) is 11.3 Å². The molecule has 0 heterocycles. The molecule has 0 radical (unpaired) electrons. The average molecular weight is 451 g/mol. The summed E-state index contributed by atoms with van der Waals surface area (Å²) in [5.41, 5.74) is 1.28. The van der Waals surface area contributed by atoms with Crippen LogP contribution in [0.4, 0.5) is 5.69 Å². The second-order valence-corrected chi connectivity index (χ2v) is 8.46. The molecule has 0 N–H and O–H groups in total. The molecule has 2 rings (SSSR count). The first-order valence-corrected chi connectivity index (χ1v) is 10.7. The normalized spacial score (nSPS) is 11.1. The molecule has 6 nitrogen and oxygen atoms in total. The fraction of sp³-hybridized carbons (Fsp3) is 0.263. The molecule has 0 spiro atoms. The number of nitrogens with zero attached hydrogens (tertiary/aromatic N) is 2.